The molecular formula is C7H11NO. The van der Waals surface area contributed by atoms with Crippen molar-refractivity contribution >= 4 is 5.90 Å². The molecule has 2 heteroatoms. The van der Waals surface area contributed by atoms with Crippen molar-refractivity contribution < 1.29 is 4.74 Å². The van der Waals surface area contributed by atoms with Crippen molar-refractivity contribution in [2.75, 3.05) is 0 Å². The first kappa shape index (κ1) is 6.33. The van der Waals surface area contributed by atoms with Gasteiger partial charge in [0.15, 0.2) is 5.90 Å². The maximum Gasteiger partial charge on any atom is 0.196 e. The van der Waals surface area contributed by atoms with Gasteiger partial charge in [-0.15, -0.1) is 0 Å². The summed E-state index contributed by atoms with van der Waals surface area (Å²) in [4.78, 5) is 0. The lowest BCUT2D eigenvalue weighted by atomic mass is 9.95. The Morgan fingerprint density at radius 2 is 2.11 bits per heavy atom. The number of nitrogens with one attached hydrogen (secondary N) is 1. The summed E-state index contributed by atoms with van der Waals surface area (Å²) in [6.07, 6.45) is 1.95. The molecule has 1 aliphatic rings. The number of allylic oxidation sites excluding steroid dienone is 1. The predicted molar refractivity (Wildman–Crippen MR) is 36.3 cm³/mol. The highest BCUT2D eigenvalue weighted by molar-refractivity contribution is 5.84. The van der Waals surface area contributed by atoms with E-state index in [0.717, 1.165) is 5.76 Å². The summed E-state index contributed by atoms with van der Waals surface area (Å²) in [6, 6.07) is 0. The van der Waals surface area contributed by atoms with Crippen LogP contribution in [0.5, 0.6) is 0 Å². The monoisotopic (exact) mass is 125 g/mol. The van der Waals surface area contributed by atoms with Crippen molar-refractivity contribution in [1.82, 2.24) is 0 Å². The molecule has 1 rings (SSSR count). The zero-order valence-electron chi connectivity index (χ0n) is 5.99. The highest BCUT2D eigenvalue weighted by atomic mass is 16.5. The van der Waals surface area contributed by atoms with E-state index in [1.54, 1.807) is 0 Å². The highest BCUT2D eigenvalue weighted by Gasteiger charge is 2.29. The Bertz CT molecular complexity index is 179. The van der Waals surface area contributed by atoms with E-state index in [2.05, 4.69) is 0 Å². The topological polar surface area (TPSA) is 33.1 Å². The molecule has 0 spiro atoms. The second kappa shape index (κ2) is 1.59. The molecular weight excluding hydrogens is 114 g/mol. The van der Waals surface area contributed by atoms with E-state index in [-0.39, 0.29) is 5.41 Å². The minimum absolute atomic E-state index is 0.177. The average Bonchev–Trinajstić information content (AvgIpc) is 1.79. The quantitative estimate of drug-likeness (QED) is 0.527. The molecule has 0 amide bonds. The van der Waals surface area contributed by atoms with Crippen LogP contribution in [0.4, 0.5) is 0 Å². The fourth-order valence-electron chi connectivity index (χ4n) is 0.896. The molecule has 0 aromatic carbocycles. The molecule has 0 aliphatic carbocycles. The van der Waals surface area contributed by atoms with E-state index in [0.29, 0.717) is 5.90 Å². The van der Waals surface area contributed by atoms with Crippen LogP contribution in [0.25, 0.3) is 0 Å². The van der Waals surface area contributed by atoms with E-state index in [1.807, 2.05) is 26.8 Å². The predicted octanol–water partition coefficient (Wildman–Crippen LogP) is 1.92. The van der Waals surface area contributed by atoms with Gasteiger partial charge in [0, 0.05) is 0 Å². The average molecular weight is 125 g/mol. The van der Waals surface area contributed by atoms with Crippen LogP contribution in [0.1, 0.15) is 20.8 Å². The van der Waals surface area contributed by atoms with Crippen LogP contribution in [0, 0.1) is 10.8 Å². The number of rotatable bonds is 0. The Kier molecular flexibility index (Phi) is 1.12. The maximum atomic E-state index is 7.31. The fraction of sp³-hybridized carbons (Fsp3) is 0.571. The van der Waals surface area contributed by atoms with E-state index in [1.165, 1.54) is 0 Å². The lowest BCUT2D eigenvalue weighted by Gasteiger charge is -2.10. The molecule has 0 aromatic rings. The Labute approximate surface area is 55.0 Å². The molecule has 0 bridgehead atoms. The van der Waals surface area contributed by atoms with Crippen LogP contribution in [-0.4, -0.2) is 5.90 Å². The van der Waals surface area contributed by atoms with Crippen molar-refractivity contribution in [3.05, 3.63) is 11.8 Å². The third kappa shape index (κ3) is 0.969. The molecule has 0 radical (unpaired) electrons. The highest BCUT2D eigenvalue weighted by Crippen LogP contribution is 2.28. The van der Waals surface area contributed by atoms with Gasteiger partial charge in [0.1, 0.15) is 0 Å². The first-order chi connectivity index (χ1) is 4.02. The summed E-state index contributed by atoms with van der Waals surface area (Å²) in [5.41, 5.74) is -0.177. The zero-order chi connectivity index (χ0) is 7.07. The Balaban J connectivity index is 2.89. The van der Waals surface area contributed by atoms with Crippen molar-refractivity contribution in [3.8, 4) is 0 Å². The van der Waals surface area contributed by atoms with E-state index >= 15 is 0 Å². The molecule has 0 aromatic heterocycles. The molecule has 0 saturated carbocycles. The van der Waals surface area contributed by atoms with Crippen LogP contribution in [-0.2, 0) is 4.74 Å². The molecule has 0 atom stereocenters. The summed E-state index contributed by atoms with van der Waals surface area (Å²) < 4.78 is 5.02. The molecule has 1 N–H and O–H groups in total. The molecule has 9 heavy (non-hydrogen) atoms. The smallest absolute Gasteiger partial charge is 0.196 e. The van der Waals surface area contributed by atoms with Crippen molar-refractivity contribution in [2.45, 2.75) is 20.8 Å². The number of hydrogen-bond acceptors (Lipinski definition) is 2. The van der Waals surface area contributed by atoms with Crippen LogP contribution in [0.2, 0.25) is 0 Å². The number of hydrogen-bond donors (Lipinski definition) is 1. The van der Waals surface area contributed by atoms with Gasteiger partial charge in [-0.05, 0) is 26.8 Å². The van der Waals surface area contributed by atoms with Crippen LogP contribution < -0.4 is 0 Å². The third-order valence-corrected chi connectivity index (χ3v) is 1.41. The van der Waals surface area contributed by atoms with Crippen molar-refractivity contribution in [2.24, 2.45) is 5.41 Å². The molecule has 0 fully saturated rings. The van der Waals surface area contributed by atoms with Crippen LogP contribution in [0.15, 0.2) is 11.8 Å². The Morgan fingerprint density at radius 1 is 1.56 bits per heavy atom. The summed E-state index contributed by atoms with van der Waals surface area (Å²) >= 11 is 0. The standard InChI is InChI=1S/C7H11NO/c1-5-4-7(2,3)6(8)9-5/h4,8H,1-3H3. The fourth-order valence-corrected chi connectivity index (χ4v) is 0.896. The van der Waals surface area contributed by atoms with Gasteiger partial charge >= 0.3 is 0 Å². The van der Waals surface area contributed by atoms with Crippen LogP contribution in [0.3, 0.4) is 0 Å². The normalized spacial score (nSPS) is 23.4. The number of ether oxygens (including phenoxy) is 1. The summed E-state index contributed by atoms with van der Waals surface area (Å²) in [7, 11) is 0. The van der Waals surface area contributed by atoms with Gasteiger partial charge < -0.3 is 4.74 Å². The minimum atomic E-state index is -0.177. The first-order valence-electron chi connectivity index (χ1n) is 2.99. The summed E-state index contributed by atoms with van der Waals surface area (Å²) in [5.74, 6) is 1.19. The summed E-state index contributed by atoms with van der Waals surface area (Å²) in [6.45, 7) is 5.79. The molecule has 2 nitrogen and oxygen atoms in total. The van der Waals surface area contributed by atoms with E-state index in [4.69, 9.17) is 10.1 Å². The lowest BCUT2D eigenvalue weighted by molar-refractivity contribution is 0.404. The largest absolute Gasteiger partial charge is 0.448 e. The van der Waals surface area contributed by atoms with Gasteiger partial charge in [-0.25, -0.2) is 0 Å². The maximum absolute atomic E-state index is 7.31. The molecule has 0 saturated heterocycles. The molecule has 1 aliphatic heterocycles. The Morgan fingerprint density at radius 3 is 2.22 bits per heavy atom. The van der Waals surface area contributed by atoms with E-state index in [9.17, 15) is 0 Å². The zero-order valence-corrected chi connectivity index (χ0v) is 5.99. The summed E-state index contributed by atoms with van der Waals surface area (Å²) in [5, 5.41) is 7.31. The van der Waals surface area contributed by atoms with Crippen LogP contribution >= 0.6 is 0 Å². The molecule has 50 valence electrons. The van der Waals surface area contributed by atoms with Gasteiger partial charge in [0.25, 0.3) is 0 Å². The van der Waals surface area contributed by atoms with Gasteiger partial charge in [-0.3, -0.25) is 5.41 Å². The first-order valence-corrected chi connectivity index (χ1v) is 2.99. The Hall–Kier alpha value is -0.790. The second-order valence-corrected chi connectivity index (χ2v) is 2.91. The molecule has 1 heterocycles. The lowest BCUT2D eigenvalue weighted by Crippen LogP contribution is -2.16. The second-order valence-electron chi connectivity index (χ2n) is 2.91. The van der Waals surface area contributed by atoms with Gasteiger partial charge in [0.2, 0.25) is 0 Å². The SMILES string of the molecule is CC1=CC(C)(C)C(=N)O1. The van der Waals surface area contributed by atoms with Crippen molar-refractivity contribution in [3.63, 3.8) is 0 Å². The van der Waals surface area contributed by atoms with Crippen molar-refractivity contribution in [1.29, 1.82) is 5.41 Å². The van der Waals surface area contributed by atoms with Gasteiger partial charge in [0.05, 0.1) is 11.2 Å². The third-order valence-electron chi connectivity index (χ3n) is 1.41. The molecule has 0 unspecified atom stereocenters. The van der Waals surface area contributed by atoms with E-state index < -0.39 is 0 Å². The van der Waals surface area contributed by atoms with Gasteiger partial charge in [-0.1, -0.05) is 0 Å². The van der Waals surface area contributed by atoms with Gasteiger partial charge in [-0.2, -0.15) is 0 Å². The minimum Gasteiger partial charge on any atom is -0.448 e.